The van der Waals surface area contributed by atoms with E-state index in [4.69, 9.17) is 4.74 Å². The first-order valence-corrected chi connectivity index (χ1v) is 4.82. The van der Waals surface area contributed by atoms with Crippen molar-refractivity contribution in [1.29, 1.82) is 0 Å². The molecule has 1 N–H and O–H groups in total. The van der Waals surface area contributed by atoms with E-state index in [2.05, 4.69) is 5.32 Å². The summed E-state index contributed by atoms with van der Waals surface area (Å²) in [6.45, 7) is 10.3. The van der Waals surface area contributed by atoms with Gasteiger partial charge in [-0.3, -0.25) is 4.79 Å². The quantitative estimate of drug-likeness (QED) is 0.690. The Morgan fingerprint density at radius 3 is 2.08 bits per heavy atom. The lowest BCUT2D eigenvalue weighted by atomic mass is 10.2. The van der Waals surface area contributed by atoms with Gasteiger partial charge in [-0.15, -0.1) is 0 Å². The standard InChI is InChI=1S/C8H17NO2.C2H6/c1-8(2,3)11-7(10)5-6-9-4;1-2/h9H,5-6H2,1-4H3;1-2H3. The molecule has 80 valence electrons. The van der Waals surface area contributed by atoms with E-state index in [1.165, 1.54) is 0 Å². The lowest BCUT2D eigenvalue weighted by Crippen LogP contribution is -2.25. The summed E-state index contributed by atoms with van der Waals surface area (Å²) in [6.07, 6.45) is 0.438. The van der Waals surface area contributed by atoms with Crippen molar-refractivity contribution in [2.45, 2.75) is 46.6 Å². The highest BCUT2D eigenvalue weighted by atomic mass is 16.6. The minimum Gasteiger partial charge on any atom is -0.460 e. The topological polar surface area (TPSA) is 38.3 Å². The number of rotatable bonds is 3. The van der Waals surface area contributed by atoms with Crippen LogP contribution in [0.1, 0.15) is 41.0 Å². The average Bonchev–Trinajstić information content (AvgIpc) is 2.01. The zero-order chi connectivity index (χ0) is 10.9. The normalized spacial score (nSPS) is 10.0. The second-order valence-electron chi connectivity index (χ2n) is 3.44. The number of esters is 1. The molecule has 0 spiro atoms. The fraction of sp³-hybridized carbons (Fsp3) is 0.900. The van der Waals surface area contributed by atoms with Crippen LogP contribution in [0.25, 0.3) is 0 Å². The molecule has 0 bridgehead atoms. The predicted octanol–water partition coefficient (Wildman–Crippen LogP) is 1.96. The van der Waals surface area contributed by atoms with Crippen molar-refractivity contribution in [3.63, 3.8) is 0 Å². The Balaban J connectivity index is 0. The van der Waals surface area contributed by atoms with E-state index in [-0.39, 0.29) is 11.6 Å². The van der Waals surface area contributed by atoms with Crippen LogP contribution in [0.2, 0.25) is 0 Å². The maximum absolute atomic E-state index is 11.0. The number of ether oxygens (including phenoxy) is 1. The SMILES string of the molecule is CC.CNCCC(=O)OC(C)(C)C. The molecule has 0 saturated heterocycles. The van der Waals surface area contributed by atoms with Crippen molar-refractivity contribution in [1.82, 2.24) is 5.32 Å². The van der Waals surface area contributed by atoms with E-state index in [9.17, 15) is 4.79 Å². The van der Waals surface area contributed by atoms with Gasteiger partial charge in [0.05, 0.1) is 6.42 Å². The Kier molecular flexibility index (Phi) is 9.24. The zero-order valence-corrected chi connectivity index (χ0v) is 9.73. The summed E-state index contributed by atoms with van der Waals surface area (Å²) in [6, 6.07) is 0. The van der Waals surface area contributed by atoms with E-state index in [0.29, 0.717) is 13.0 Å². The minimum atomic E-state index is -0.356. The molecular formula is C10H23NO2. The van der Waals surface area contributed by atoms with Gasteiger partial charge in [-0.05, 0) is 27.8 Å². The highest BCUT2D eigenvalue weighted by Gasteiger charge is 2.14. The molecular weight excluding hydrogens is 166 g/mol. The maximum atomic E-state index is 11.0. The van der Waals surface area contributed by atoms with Crippen molar-refractivity contribution >= 4 is 5.97 Å². The fourth-order valence-corrected chi connectivity index (χ4v) is 0.620. The van der Waals surface area contributed by atoms with Gasteiger partial charge < -0.3 is 10.1 Å². The lowest BCUT2D eigenvalue weighted by molar-refractivity contribution is -0.154. The third kappa shape index (κ3) is 14.3. The largest absolute Gasteiger partial charge is 0.460 e. The van der Waals surface area contributed by atoms with Crippen LogP contribution in [0.4, 0.5) is 0 Å². The van der Waals surface area contributed by atoms with E-state index in [1.807, 2.05) is 41.7 Å². The Morgan fingerprint density at radius 1 is 1.31 bits per heavy atom. The van der Waals surface area contributed by atoms with Crippen LogP contribution in [0.3, 0.4) is 0 Å². The van der Waals surface area contributed by atoms with Crippen LogP contribution < -0.4 is 5.32 Å². The Bertz CT molecular complexity index is 127. The first kappa shape index (κ1) is 14.9. The van der Waals surface area contributed by atoms with Crippen LogP contribution in [-0.4, -0.2) is 25.2 Å². The third-order valence-electron chi connectivity index (χ3n) is 0.999. The molecule has 0 heterocycles. The highest BCUT2D eigenvalue weighted by molar-refractivity contribution is 5.70. The van der Waals surface area contributed by atoms with Crippen molar-refractivity contribution in [3.05, 3.63) is 0 Å². The fourth-order valence-electron chi connectivity index (χ4n) is 0.620. The molecule has 0 atom stereocenters. The van der Waals surface area contributed by atoms with Crippen LogP contribution in [0.5, 0.6) is 0 Å². The maximum Gasteiger partial charge on any atom is 0.307 e. The number of hydrogen-bond donors (Lipinski definition) is 1. The molecule has 0 aliphatic carbocycles. The molecule has 0 unspecified atom stereocenters. The van der Waals surface area contributed by atoms with Gasteiger partial charge in [-0.1, -0.05) is 13.8 Å². The van der Waals surface area contributed by atoms with Gasteiger partial charge in [0.1, 0.15) is 5.60 Å². The Labute approximate surface area is 81.9 Å². The summed E-state index contributed by atoms with van der Waals surface area (Å²) in [5, 5.41) is 2.88. The monoisotopic (exact) mass is 189 g/mol. The number of carbonyl (C=O) groups excluding carboxylic acids is 1. The van der Waals surface area contributed by atoms with Gasteiger partial charge >= 0.3 is 5.97 Å². The van der Waals surface area contributed by atoms with Gasteiger partial charge in [0.15, 0.2) is 0 Å². The number of hydrogen-bond acceptors (Lipinski definition) is 3. The van der Waals surface area contributed by atoms with E-state index in [1.54, 1.807) is 0 Å². The highest BCUT2D eigenvalue weighted by Crippen LogP contribution is 2.07. The lowest BCUT2D eigenvalue weighted by Gasteiger charge is -2.19. The Morgan fingerprint density at radius 2 is 1.77 bits per heavy atom. The molecule has 13 heavy (non-hydrogen) atoms. The number of nitrogens with one attached hydrogen (secondary N) is 1. The molecule has 0 aromatic heterocycles. The average molecular weight is 189 g/mol. The minimum absolute atomic E-state index is 0.146. The summed E-state index contributed by atoms with van der Waals surface area (Å²) < 4.78 is 5.06. The molecule has 0 radical (unpaired) electrons. The third-order valence-corrected chi connectivity index (χ3v) is 0.999. The van der Waals surface area contributed by atoms with Crippen molar-refractivity contribution in [3.8, 4) is 0 Å². The second-order valence-corrected chi connectivity index (χ2v) is 3.44. The van der Waals surface area contributed by atoms with Crippen molar-refractivity contribution < 1.29 is 9.53 Å². The summed E-state index contributed by atoms with van der Waals surface area (Å²) >= 11 is 0. The van der Waals surface area contributed by atoms with Gasteiger partial charge in [0, 0.05) is 6.54 Å². The molecule has 3 nitrogen and oxygen atoms in total. The number of carbonyl (C=O) groups is 1. The van der Waals surface area contributed by atoms with Crippen molar-refractivity contribution in [2.24, 2.45) is 0 Å². The molecule has 0 amide bonds. The second kappa shape index (κ2) is 8.05. The van der Waals surface area contributed by atoms with Crippen LogP contribution in [-0.2, 0) is 9.53 Å². The molecule has 0 aliphatic heterocycles. The first-order chi connectivity index (χ1) is 5.95. The van der Waals surface area contributed by atoms with Crippen LogP contribution in [0.15, 0.2) is 0 Å². The molecule has 0 aliphatic rings. The van der Waals surface area contributed by atoms with Gasteiger partial charge in [-0.2, -0.15) is 0 Å². The van der Waals surface area contributed by atoms with Gasteiger partial charge in [0.2, 0.25) is 0 Å². The molecule has 0 saturated carbocycles. The summed E-state index contributed by atoms with van der Waals surface area (Å²) in [4.78, 5) is 11.0. The van der Waals surface area contributed by atoms with Gasteiger partial charge in [-0.25, -0.2) is 0 Å². The van der Waals surface area contributed by atoms with Gasteiger partial charge in [0.25, 0.3) is 0 Å². The zero-order valence-electron chi connectivity index (χ0n) is 9.73. The Hall–Kier alpha value is -0.570. The summed E-state index contributed by atoms with van der Waals surface area (Å²) in [5.74, 6) is -0.146. The smallest absolute Gasteiger partial charge is 0.307 e. The first-order valence-electron chi connectivity index (χ1n) is 4.82. The van der Waals surface area contributed by atoms with E-state index < -0.39 is 0 Å². The van der Waals surface area contributed by atoms with Crippen LogP contribution >= 0.6 is 0 Å². The van der Waals surface area contributed by atoms with E-state index >= 15 is 0 Å². The van der Waals surface area contributed by atoms with Crippen molar-refractivity contribution in [2.75, 3.05) is 13.6 Å². The molecule has 0 rings (SSSR count). The van der Waals surface area contributed by atoms with Crippen LogP contribution in [0, 0.1) is 0 Å². The summed E-state index contributed by atoms with van der Waals surface area (Å²) in [5.41, 5.74) is -0.356. The van der Waals surface area contributed by atoms with E-state index in [0.717, 1.165) is 0 Å². The molecule has 3 heteroatoms. The molecule has 0 fully saturated rings. The summed E-state index contributed by atoms with van der Waals surface area (Å²) in [7, 11) is 1.81. The predicted molar refractivity (Wildman–Crippen MR) is 55.7 cm³/mol. The molecule has 0 aromatic carbocycles. The molecule has 0 aromatic rings.